The third kappa shape index (κ3) is 41.8. The van der Waals surface area contributed by atoms with Crippen molar-refractivity contribution in [3.05, 3.63) is 24.3 Å². The first-order chi connectivity index (χ1) is 27.0. The Labute approximate surface area is 341 Å². The molecule has 0 aromatic heterocycles. The highest BCUT2D eigenvalue weighted by molar-refractivity contribution is 5.76. The summed E-state index contributed by atoms with van der Waals surface area (Å²) >= 11 is 0. The Hall–Kier alpha value is -1.66. The fourth-order valence-corrected chi connectivity index (χ4v) is 7.21. The molecule has 0 bridgehead atoms. The third-order valence-electron chi connectivity index (χ3n) is 11.0. The number of hydrogen-bond acceptors (Lipinski definition) is 5. The number of hydrogen-bond donors (Lipinski definition) is 3. The monoisotopic (exact) mass is 776 g/mol. The van der Waals surface area contributed by atoms with Gasteiger partial charge in [-0.15, -0.1) is 0 Å². The minimum atomic E-state index is -0.860. The van der Waals surface area contributed by atoms with E-state index in [1.807, 2.05) is 6.08 Å². The molecule has 2 atom stereocenters. The van der Waals surface area contributed by atoms with Crippen LogP contribution in [0.2, 0.25) is 0 Å². The highest BCUT2D eigenvalue weighted by Gasteiger charge is 2.18. The van der Waals surface area contributed by atoms with Crippen LogP contribution in [0, 0.1) is 0 Å². The number of aliphatic hydroxyl groups excluding tert-OH is 2. The van der Waals surface area contributed by atoms with Crippen molar-refractivity contribution in [3.63, 3.8) is 0 Å². The van der Waals surface area contributed by atoms with Gasteiger partial charge in [0.1, 0.15) is 0 Å². The number of unbranched alkanes of at least 4 members (excludes halogenated alkanes) is 31. The van der Waals surface area contributed by atoms with Crippen molar-refractivity contribution in [2.75, 3.05) is 13.2 Å². The zero-order chi connectivity index (χ0) is 40.1. The van der Waals surface area contributed by atoms with Crippen molar-refractivity contribution < 1.29 is 24.5 Å². The van der Waals surface area contributed by atoms with Crippen LogP contribution in [0.5, 0.6) is 0 Å². The van der Waals surface area contributed by atoms with Crippen LogP contribution in [0.3, 0.4) is 0 Å². The number of esters is 1. The number of amides is 1. The lowest BCUT2D eigenvalue weighted by molar-refractivity contribution is -0.143. The molecule has 0 aliphatic rings. The molecule has 55 heavy (non-hydrogen) atoms. The first-order valence-electron chi connectivity index (χ1n) is 24.1. The Balaban J connectivity index is 3.51. The summed E-state index contributed by atoms with van der Waals surface area (Å²) in [6.07, 6.45) is 51.6. The first kappa shape index (κ1) is 53.3. The molecule has 0 rings (SSSR count). The lowest BCUT2D eigenvalue weighted by atomic mass is 10.0. The molecule has 1 amide bonds. The molecule has 6 nitrogen and oxygen atoms in total. The van der Waals surface area contributed by atoms with E-state index in [4.69, 9.17) is 4.74 Å². The minimum absolute atomic E-state index is 0.0314. The number of ether oxygens (including phenoxy) is 1. The Morgan fingerprint density at radius 2 is 0.855 bits per heavy atom. The average Bonchev–Trinajstić information content (AvgIpc) is 3.18. The molecule has 0 fully saturated rings. The normalized spacial score (nSPS) is 12.9. The van der Waals surface area contributed by atoms with E-state index in [9.17, 15) is 19.8 Å². The predicted octanol–water partition coefficient (Wildman–Crippen LogP) is 14.0. The maximum absolute atomic E-state index is 12.4. The molecule has 0 spiro atoms. The summed E-state index contributed by atoms with van der Waals surface area (Å²) in [4.78, 5) is 24.4. The zero-order valence-corrected chi connectivity index (χ0v) is 36.7. The van der Waals surface area contributed by atoms with Crippen LogP contribution in [0.25, 0.3) is 0 Å². The third-order valence-corrected chi connectivity index (χ3v) is 11.0. The van der Waals surface area contributed by atoms with Crippen LogP contribution < -0.4 is 5.32 Å². The van der Waals surface area contributed by atoms with Gasteiger partial charge in [0.2, 0.25) is 5.91 Å². The standard InChI is InChI=1S/C49H93NO5/c1-3-5-7-9-11-13-15-17-18-19-20-21-23-27-31-35-39-43-49(54)55-44-40-36-32-28-24-26-30-34-38-42-48(53)50-46(45-51)47(52)41-37-33-29-25-22-16-14-12-10-8-6-4-2/h17-18,37,41,46-47,51-52H,3-16,19-36,38-40,42-45H2,1-2H3,(H,50,53)/b18-17-,41-37+. The van der Waals surface area contributed by atoms with Crippen LogP contribution >= 0.6 is 0 Å². The number of carbonyl (C=O) groups is 2. The quantitative estimate of drug-likeness (QED) is 0.0325. The van der Waals surface area contributed by atoms with Crippen molar-refractivity contribution in [1.82, 2.24) is 5.32 Å². The van der Waals surface area contributed by atoms with Gasteiger partial charge >= 0.3 is 5.97 Å². The van der Waals surface area contributed by atoms with Crippen LogP contribution in [0.15, 0.2) is 24.3 Å². The fraction of sp³-hybridized carbons (Fsp3) is 0.878. The van der Waals surface area contributed by atoms with Crippen molar-refractivity contribution >= 4 is 11.9 Å². The number of carbonyl (C=O) groups excluding carboxylic acids is 2. The largest absolute Gasteiger partial charge is 0.466 e. The van der Waals surface area contributed by atoms with Gasteiger partial charge in [-0.2, -0.15) is 0 Å². The summed E-state index contributed by atoms with van der Waals surface area (Å²) in [6.45, 7) is 4.82. The Kier molecular flexibility index (Phi) is 43.7. The van der Waals surface area contributed by atoms with Gasteiger partial charge in [-0.25, -0.2) is 0 Å². The molecule has 6 heteroatoms. The molecule has 0 aromatic rings. The average molecular weight is 776 g/mol. The van der Waals surface area contributed by atoms with Crippen LogP contribution in [-0.2, 0) is 14.3 Å². The maximum Gasteiger partial charge on any atom is 0.305 e. The Bertz CT molecular complexity index is 858. The van der Waals surface area contributed by atoms with E-state index in [1.54, 1.807) is 6.08 Å². The van der Waals surface area contributed by atoms with Gasteiger partial charge in [0.15, 0.2) is 0 Å². The predicted molar refractivity (Wildman–Crippen MR) is 236 cm³/mol. The highest BCUT2D eigenvalue weighted by Crippen LogP contribution is 2.15. The van der Waals surface area contributed by atoms with E-state index in [0.717, 1.165) is 57.8 Å². The molecule has 0 saturated heterocycles. The maximum atomic E-state index is 12.4. The molecular formula is C49H93NO5. The highest BCUT2D eigenvalue weighted by atomic mass is 16.5. The summed E-state index contributed by atoms with van der Waals surface area (Å²) < 4.78 is 5.45. The van der Waals surface area contributed by atoms with Crippen LogP contribution in [-0.4, -0.2) is 47.4 Å². The van der Waals surface area contributed by atoms with E-state index < -0.39 is 12.1 Å². The van der Waals surface area contributed by atoms with Crippen molar-refractivity contribution in [2.45, 2.75) is 264 Å². The Morgan fingerprint density at radius 3 is 1.29 bits per heavy atom. The van der Waals surface area contributed by atoms with Gasteiger partial charge in [-0.3, -0.25) is 9.59 Å². The lowest BCUT2D eigenvalue weighted by Gasteiger charge is -2.20. The topological polar surface area (TPSA) is 95.9 Å². The SMILES string of the molecule is CCCCCCCC/C=C\CCCCCCCCCC(=O)OCCCCCCCCCCCC(=O)NC(CO)C(O)/C=C/CCCCCCCCCCCC. The zero-order valence-electron chi connectivity index (χ0n) is 36.7. The Morgan fingerprint density at radius 1 is 0.491 bits per heavy atom. The molecule has 2 unspecified atom stereocenters. The molecular weight excluding hydrogens is 683 g/mol. The van der Waals surface area contributed by atoms with Gasteiger partial charge in [0.05, 0.1) is 25.4 Å². The summed E-state index contributed by atoms with van der Waals surface area (Å²) in [7, 11) is 0. The minimum Gasteiger partial charge on any atom is -0.466 e. The van der Waals surface area contributed by atoms with Gasteiger partial charge in [-0.1, -0.05) is 205 Å². The van der Waals surface area contributed by atoms with Crippen LogP contribution in [0.1, 0.15) is 251 Å². The number of nitrogens with one attached hydrogen (secondary N) is 1. The second-order valence-corrected chi connectivity index (χ2v) is 16.4. The molecule has 3 N–H and O–H groups in total. The summed E-state index contributed by atoms with van der Waals surface area (Å²) in [5.74, 6) is -0.128. The number of allylic oxidation sites excluding steroid dienone is 3. The van der Waals surface area contributed by atoms with Crippen LogP contribution in [0.4, 0.5) is 0 Å². The summed E-state index contributed by atoms with van der Waals surface area (Å²) in [6, 6.07) is -0.646. The van der Waals surface area contributed by atoms with Gasteiger partial charge < -0.3 is 20.3 Å². The molecule has 0 aliphatic carbocycles. The van der Waals surface area contributed by atoms with Crippen molar-refractivity contribution in [2.24, 2.45) is 0 Å². The fourth-order valence-electron chi connectivity index (χ4n) is 7.21. The van der Waals surface area contributed by atoms with E-state index in [-0.39, 0.29) is 18.5 Å². The van der Waals surface area contributed by atoms with E-state index in [1.165, 1.54) is 167 Å². The summed E-state index contributed by atoms with van der Waals surface area (Å²) in [5, 5.41) is 22.9. The first-order valence-corrected chi connectivity index (χ1v) is 24.1. The van der Waals surface area contributed by atoms with E-state index >= 15 is 0 Å². The number of aliphatic hydroxyl groups is 2. The second kappa shape index (κ2) is 45.0. The summed E-state index contributed by atoms with van der Waals surface area (Å²) in [5.41, 5.74) is 0. The van der Waals surface area contributed by atoms with Gasteiger partial charge in [-0.05, 0) is 57.8 Å². The lowest BCUT2D eigenvalue weighted by Crippen LogP contribution is -2.45. The smallest absolute Gasteiger partial charge is 0.305 e. The molecule has 0 aliphatic heterocycles. The van der Waals surface area contributed by atoms with E-state index in [0.29, 0.717) is 19.4 Å². The van der Waals surface area contributed by atoms with Crippen molar-refractivity contribution in [1.29, 1.82) is 0 Å². The molecule has 324 valence electrons. The van der Waals surface area contributed by atoms with Gasteiger partial charge in [0, 0.05) is 12.8 Å². The van der Waals surface area contributed by atoms with Crippen molar-refractivity contribution in [3.8, 4) is 0 Å². The second-order valence-electron chi connectivity index (χ2n) is 16.4. The van der Waals surface area contributed by atoms with Gasteiger partial charge in [0.25, 0.3) is 0 Å². The molecule has 0 radical (unpaired) electrons. The molecule has 0 saturated carbocycles. The van der Waals surface area contributed by atoms with E-state index in [2.05, 4.69) is 31.3 Å². The molecule has 0 aromatic carbocycles. The number of rotatable bonds is 44. The molecule has 0 heterocycles.